The van der Waals surface area contributed by atoms with E-state index >= 15 is 0 Å². The van der Waals surface area contributed by atoms with Gasteiger partial charge in [-0.15, -0.1) is 5.10 Å². The lowest BCUT2D eigenvalue weighted by Crippen LogP contribution is -2.37. The lowest BCUT2D eigenvalue weighted by molar-refractivity contribution is -0.153. The second-order valence-corrected chi connectivity index (χ2v) is 9.62. The molecule has 0 atom stereocenters. The smallest absolute Gasteiger partial charge is 0.422 e. The zero-order valence-electron chi connectivity index (χ0n) is 19.0. The highest BCUT2D eigenvalue weighted by atomic mass is 19.4. The highest BCUT2D eigenvalue weighted by molar-refractivity contribution is 5.89. The number of nitrogens with zero attached hydrogens (tertiary/aromatic N) is 3. The molecule has 1 aromatic carbocycles. The lowest BCUT2D eigenvalue weighted by Gasteiger charge is -2.33. The fraction of sp³-hybridized carbons (Fsp3) is 0.522. The number of hydrogen-bond donors (Lipinski definition) is 2. The number of anilines is 1. The Kier molecular flexibility index (Phi) is 5.98. The third-order valence-electron chi connectivity index (χ3n) is 5.77. The number of aryl methyl sites for hydroxylation is 1. The number of aliphatic hydroxyl groups excluding tert-OH is 1. The predicted molar refractivity (Wildman–Crippen MR) is 117 cm³/mol. The number of pyridine rings is 1. The van der Waals surface area contributed by atoms with Gasteiger partial charge in [0.05, 0.1) is 5.52 Å². The van der Waals surface area contributed by atoms with Crippen molar-refractivity contribution in [2.75, 3.05) is 18.5 Å². The summed E-state index contributed by atoms with van der Waals surface area (Å²) < 4.78 is 48.8. The van der Waals surface area contributed by atoms with E-state index in [1.165, 1.54) is 0 Å². The second-order valence-electron chi connectivity index (χ2n) is 9.62. The molecule has 0 saturated heterocycles. The Labute approximate surface area is 189 Å². The molecule has 3 aromatic rings. The van der Waals surface area contributed by atoms with Gasteiger partial charge in [0.25, 0.3) is 5.89 Å². The first-order valence-electron chi connectivity index (χ1n) is 10.8. The molecule has 2 heterocycles. The van der Waals surface area contributed by atoms with E-state index in [-0.39, 0.29) is 30.3 Å². The van der Waals surface area contributed by atoms with Crippen LogP contribution in [-0.4, -0.2) is 45.7 Å². The van der Waals surface area contributed by atoms with E-state index in [1.54, 1.807) is 18.2 Å². The van der Waals surface area contributed by atoms with Crippen molar-refractivity contribution in [3.63, 3.8) is 0 Å². The van der Waals surface area contributed by atoms with Gasteiger partial charge in [0.1, 0.15) is 11.4 Å². The molecule has 0 aliphatic heterocycles. The molecule has 1 saturated carbocycles. The molecule has 1 aliphatic rings. The van der Waals surface area contributed by atoms with Crippen LogP contribution in [0.25, 0.3) is 22.5 Å². The minimum atomic E-state index is -4.42. The molecule has 0 radical (unpaired) electrons. The third-order valence-corrected chi connectivity index (χ3v) is 5.77. The van der Waals surface area contributed by atoms with Gasteiger partial charge in [-0.3, -0.25) is 0 Å². The number of ether oxygens (including phenoxy) is 1. The number of benzene rings is 1. The van der Waals surface area contributed by atoms with Crippen LogP contribution >= 0.6 is 0 Å². The summed E-state index contributed by atoms with van der Waals surface area (Å²) in [7, 11) is 0. The summed E-state index contributed by atoms with van der Waals surface area (Å²) >= 11 is 0. The van der Waals surface area contributed by atoms with Crippen LogP contribution in [0.3, 0.4) is 0 Å². The molecular formula is C23H27F3N4O3. The first-order valence-corrected chi connectivity index (χ1v) is 10.8. The number of halogens is 3. The molecule has 10 heteroatoms. The Bertz CT molecular complexity index is 1150. The number of aliphatic hydroxyl groups is 1. The minimum absolute atomic E-state index is 0.147. The van der Waals surface area contributed by atoms with Crippen LogP contribution in [-0.2, 0) is 5.41 Å². The summed E-state index contributed by atoms with van der Waals surface area (Å²) in [6.45, 7) is 6.56. The van der Waals surface area contributed by atoms with Crippen LogP contribution in [0.1, 0.15) is 44.7 Å². The number of nitrogens with one attached hydrogen (secondary N) is 1. The minimum Gasteiger partial charge on any atom is -0.484 e. The van der Waals surface area contributed by atoms with Crippen LogP contribution in [0.2, 0.25) is 0 Å². The van der Waals surface area contributed by atoms with Gasteiger partial charge in [-0.25, -0.2) is 4.98 Å². The second kappa shape index (κ2) is 8.48. The fourth-order valence-electron chi connectivity index (χ4n) is 3.96. The molecular weight excluding hydrogens is 437 g/mol. The number of rotatable bonds is 6. The molecule has 1 aliphatic carbocycles. The fourth-order valence-corrected chi connectivity index (χ4v) is 3.96. The molecule has 4 rings (SSSR count). The highest BCUT2D eigenvalue weighted by Crippen LogP contribution is 2.37. The van der Waals surface area contributed by atoms with E-state index in [9.17, 15) is 13.2 Å². The van der Waals surface area contributed by atoms with E-state index in [4.69, 9.17) is 19.2 Å². The Hall–Kier alpha value is -2.88. The SMILES string of the molecule is Cc1cc(-c2nnc(NC3CC(CO)C3)o2)nc2c(C(C)(C)C)cc(OCC(F)(F)F)cc12. The zero-order chi connectivity index (χ0) is 24.0. The van der Waals surface area contributed by atoms with Gasteiger partial charge in [-0.05, 0) is 60.4 Å². The Morgan fingerprint density at radius 1 is 1.15 bits per heavy atom. The van der Waals surface area contributed by atoms with Crippen molar-refractivity contribution in [3.8, 4) is 17.3 Å². The Morgan fingerprint density at radius 2 is 1.88 bits per heavy atom. The monoisotopic (exact) mass is 464 g/mol. The molecule has 0 spiro atoms. The number of alkyl halides is 3. The molecule has 2 N–H and O–H groups in total. The predicted octanol–water partition coefficient (Wildman–Crippen LogP) is 5.01. The van der Waals surface area contributed by atoms with Gasteiger partial charge in [0.15, 0.2) is 6.61 Å². The van der Waals surface area contributed by atoms with E-state index in [2.05, 4.69) is 15.5 Å². The first-order chi connectivity index (χ1) is 15.4. The van der Waals surface area contributed by atoms with Crippen molar-refractivity contribution in [1.82, 2.24) is 15.2 Å². The Balaban J connectivity index is 1.67. The van der Waals surface area contributed by atoms with Gasteiger partial charge in [0.2, 0.25) is 0 Å². The van der Waals surface area contributed by atoms with Crippen molar-refractivity contribution in [1.29, 1.82) is 0 Å². The number of fused-ring (bicyclic) bond motifs is 1. The average Bonchev–Trinajstić information content (AvgIpc) is 3.16. The summed E-state index contributed by atoms with van der Waals surface area (Å²) in [5.41, 5.74) is 2.29. The molecule has 178 valence electrons. The van der Waals surface area contributed by atoms with Gasteiger partial charge in [-0.1, -0.05) is 25.9 Å². The van der Waals surface area contributed by atoms with Crippen molar-refractivity contribution >= 4 is 16.9 Å². The zero-order valence-corrected chi connectivity index (χ0v) is 19.0. The van der Waals surface area contributed by atoms with Crippen molar-refractivity contribution < 1.29 is 27.4 Å². The van der Waals surface area contributed by atoms with Gasteiger partial charge < -0.3 is 19.6 Å². The van der Waals surface area contributed by atoms with Crippen molar-refractivity contribution in [3.05, 3.63) is 29.3 Å². The van der Waals surface area contributed by atoms with Crippen molar-refractivity contribution in [2.24, 2.45) is 5.92 Å². The van der Waals surface area contributed by atoms with Crippen LogP contribution in [0.5, 0.6) is 5.75 Å². The topological polar surface area (TPSA) is 93.3 Å². The maximum Gasteiger partial charge on any atom is 0.422 e. The van der Waals surface area contributed by atoms with Crippen LogP contribution in [0.4, 0.5) is 19.2 Å². The summed E-state index contributed by atoms with van der Waals surface area (Å²) in [6, 6.07) is 5.43. The molecule has 0 bridgehead atoms. The molecule has 0 amide bonds. The van der Waals surface area contributed by atoms with E-state index < -0.39 is 18.2 Å². The van der Waals surface area contributed by atoms with Crippen molar-refractivity contribution in [2.45, 2.75) is 58.2 Å². The average molecular weight is 464 g/mol. The lowest BCUT2D eigenvalue weighted by atomic mass is 9.81. The molecule has 7 nitrogen and oxygen atoms in total. The summed E-state index contributed by atoms with van der Waals surface area (Å²) in [5.74, 6) is 0.696. The first kappa shape index (κ1) is 23.3. The van der Waals surface area contributed by atoms with E-state index in [0.717, 1.165) is 24.0 Å². The van der Waals surface area contributed by atoms with Gasteiger partial charge in [-0.2, -0.15) is 13.2 Å². The maximum atomic E-state index is 12.7. The largest absolute Gasteiger partial charge is 0.484 e. The maximum absolute atomic E-state index is 12.7. The van der Waals surface area contributed by atoms with Gasteiger partial charge in [0, 0.05) is 18.0 Å². The van der Waals surface area contributed by atoms with E-state index in [0.29, 0.717) is 22.5 Å². The summed E-state index contributed by atoms with van der Waals surface area (Å²) in [6.07, 6.45) is -2.74. The van der Waals surface area contributed by atoms with Crippen LogP contribution < -0.4 is 10.1 Å². The van der Waals surface area contributed by atoms with Crippen LogP contribution in [0.15, 0.2) is 22.6 Å². The van der Waals surface area contributed by atoms with Crippen LogP contribution in [0, 0.1) is 12.8 Å². The quantitative estimate of drug-likeness (QED) is 0.529. The number of hydrogen-bond acceptors (Lipinski definition) is 7. The van der Waals surface area contributed by atoms with E-state index in [1.807, 2.05) is 27.7 Å². The summed E-state index contributed by atoms with van der Waals surface area (Å²) in [5, 5.41) is 21.2. The standard InChI is InChI=1S/C23H27F3N4O3/c1-12-5-18(20-29-30-21(33-20)27-14-6-13(7-14)10-31)28-19-16(12)8-15(32-11-23(24,25)26)9-17(19)22(2,3)4/h5,8-9,13-14,31H,6-7,10-11H2,1-4H3,(H,27,30). The number of aromatic nitrogens is 3. The third kappa shape index (κ3) is 5.21. The highest BCUT2D eigenvalue weighted by Gasteiger charge is 2.30. The van der Waals surface area contributed by atoms with Gasteiger partial charge >= 0.3 is 12.2 Å². The summed E-state index contributed by atoms with van der Waals surface area (Å²) in [4.78, 5) is 4.74. The molecule has 2 aromatic heterocycles. The molecule has 1 fully saturated rings. The Morgan fingerprint density at radius 3 is 2.52 bits per heavy atom. The normalized spacial score (nSPS) is 18.9. The molecule has 0 unspecified atom stereocenters. The molecule has 33 heavy (non-hydrogen) atoms.